The van der Waals surface area contributed by atoms with E-state index in [0.717, 1.165) is 6.42 Å². The zero-order chi connectivity index (χ0) is 13.8. The van der Waals surface area contributed by atoms with Crippen LogP contribution in [-0.2, 0) is 0 Å². The number of carbonyl (C=O) groups excluding carboxylic acids is 1. The van der Waals surface area contributed by atoms with Crippen LogP contribution in [0.25, 0.3) is 0 Å². The van der Waals surface area contributed by atoms with Crippen LogP contribution in [0.2, 0.25) is 0 Å². The second-order valence-corrected chi connectivity index (χ2v) is 4.45. The fourth-order valence-corrected chi connectivity index (χ4v) is 2.10. The topological polar surface area (TPSA) is 49.8 Å². The maximum Gasteiger partial charge on any atom is 0.387 e. The quantitative estimate of drug-likeness (QED) is 0.913. The molecular weight excluding hydrogens is 256 g/mol. The summed E-state index contributed by atoms with van der Waals surface area (Å²) >= 11 is 0. The van der Waals surface area contributed by atoms with E-state index >= 15 is 0 Å². The summed E-state index contributed by atoms with van der Waals surface area (Å²) < 4.78 is 28.2. The van der Waals surface area contributed by atoms with E-state index in [2.05, 4.69) is 4.74 Å². The number of piperidine rings is 1. The molecule has 1 amide bonds. The summed E-state index contributed by atoms with van der Waals surface area (Å²) in [6.45, 7) is -1.96. The molecule has 0 radical (unpaired) electrons. The van der Waals surface area contributed by atoms with Crippen molar-refractivity contribution in [2.45, 2.75) is 25.6 Å². The Labute approximate surface area is 109 Å². The first kappa shape index (κ1) is 13.7. The Hall–Kier alpha value is -1.69. The molecule has 19 heavy (non-hydrogen) atoms. The highest BCUT2D eigenvalue weighted by Crippen LogP contribution is 2.18. The summed E-state index contributed by atoms with van der Waals surface area (Å²) in [5.41, 5.74) is 0.399. The van der Waals surface area contributed by atoms with Gasteiger partial charge in [-0.15, -0.1) is 0 Å². The van der Waals surface area contributed by atoms with Gasteiger partial charge in [-0.05, 0) is 37.1 Å². The van der Waals surface area contributed by atoms with E-state index in [4.69, 9.17) is 0 Å². The van der Waals surface area contributed by atoms with E-state index in [1.165, 1.54) is 24.3 Å². The molecule has 0 unspecified atom stereocenters. The van der Waals surface area contributed by atoms with Crippen molar-refractivity contribution in [2.24, 2.45) is 0 Å². The number of carbonyl (C=O) groups is 1. The zero-order valence-corrected chi connectivity index (χ0v) is 10.3. The Morgan fingerprint density at radius 1 is 1.37 bits per heavy atom. The summed E-state index contributed by atoms with van der Waals surface area (Å²) in [5.74, 6) is -0.187. The van der Waals surface area contributed by atoms with Gasteiger partial charge in [-0.1, -0.05) is 0 Å². The van der Waals surface area contributed by atoms with Gasteiger partial charge >= 0.3 is 6.61 Å². The molecule has 1 aromatic rings. The van der Waals surface area contributed by atoms with E-state index < -0.39 is 12.7 Å². The molecule has 1 fully saturated rings. The summed E-state index contributed by atoms with van der Waals surface area (Å²) in [6, 6.07) is 5.56. The molecule has 0 aliphatic carbocycles. The number of hydrogen-bond acceptors (Lipinski definition) is 3. The third-order valence-electron chi connectivity index (χ3n) is 3.01. The highest BCUT2D eigenvalue weighted by atomic mass is 19.3. The highest BCUT2D eigenvalue weighted by molar-refractivity contribution is 5.94. The standard InChI is InChI=1S/C13H15F2NO3/c14-13(15)19-11-5-3-9(4-6-11)12(18)16-7-1-2-10(17)8-16/h3-6,10,13,17H,1-2,7-8H2/t10-/m0/s1. The largest absolute Gasteiger partial charge is 0.435 e. The van der Waals surface area contributed by atoms with Crippen LogP contribution in [0, 0.1) is 0 Å². The van der Waals surface area contributed by atoms with Gasteiger partial charge in [0.15, 0.2) is 0 Å². The normalized spacial score (nSPS) is 19.6. The van der Waals surface area contributed by atoms with Gasteiger partial charge in [-0.25, -0.2) is 0 Å². The van der Waals surface area contributed by atoms with Gasteiger partial charge in [0.2, 0.25) is 0 Å². The lowest BCUT2D eigenvalue weighted by molar-refractivity contribution is -0.0498. The molecule has 1 saturated heterocycles. The van der Waals surface area contributed by atoms with Crippen molar-refractivity contribution in [2.75, 3.05) is 13.1 Å². The van der Waals surface area contributed by atoms with Crippen molar-refractivity contribution in [1.29, 1.82) is 0 Å². The van der Waals surface area contributed by atoms with Gasteiger partial charge in [0.1, 0.15) is 5.75 Å². The number of halogens is 2. The average Bonchev–Trinajstić information content (AvgIpc) is 2.38. The van der Waals surface area contributed by atoms with Crippen LogP contribution in [0.5, 0.6) is 5.75 Å². The van der Waals surface area contributed by atoms with Gasteiger partial charge in [0.05, 0.1) is 6.10 Å². The molecule has 6 heteroatoms. The first-order valence-corrected chi connectivity index (χ1v) is 6.08. The number of benzene rings is 1. The predicted octanol–water partition coefficient (Wildman–Crippen LogP) is 1.88. The predicted molar refractivity (Wildman–Crippen MR) is 64.2 cm³/mol. The fraction of sp³-hybridized carbons (Fsp3) is 0.462. The molecule has 0 aromatic heterocycles. The SMILES string of the molecule is O=C(c1ccc(OC(F)F)cc1)N1CCC[C@H](O)C1. The number of likely N-dealkylation sites (tertiary alicyclic amines) is 1. The lowest BCUT2D eigenvalue weighted by atomic mass is 10.1. The minimum absolute atomic E-state index is 0.0187. The molecule has 104 valence electrons. The molecule has 0 saturated carbocycles. The summed E-state index contributed by atoms with van der Waals surface area (Å²) in [6.07, 6.45) is 0.976. The Kier molecular flexibility index (Phi) is 4.31. The Morgan fingerprint density at radius 3 is 2.63 bits per heavy atom. The molecule has 1 aromatic carbocycles. The minimum atomic E-state index is -2.88. The third-order valence-corrected chi connectivity index (χ3v) is 3.01. The van der Waals surface area contributed by atoms with E-state index in [1.54, 1.807) is 4.90 Å². The van der Waals surface area contributed by atoms with Crippen LogP contribution in [-0.4, -0.2) is 41.7 Å². The van der Waals surface area contributed by atoms with Crippen molar-refractivity contribution in [3.8, 4) is 5.75 Å². The smallest absolute Gasteiger partial charge is 0.387 e. The number of amides is 1. The number of nitrogens with zero attached hydrogens (tertiary/aromatic N) is 1. The molecule has 0 spiro atoms. The van der Waals surface area contributed by atoms with Gasteiger partial charge in [-0.3, -0.25) is 4.79 Å². The van der Waals surface area contributed by atoms with Gasteiger partial charge in [0.25, 0.3) is 5.91 Å². The van der Waals surface area contributed by atoms with Crippen molar-refractivity contribution in [1.82, 2.24) is 4.90 Å². The van der Waals surface area contributed by atoms with Crippen LogP contribution in [0.15, 0.2) is 24.3 Å². The van der Waals surface area contributed by atoms with Gasteiger partial charge in [-0.2, -0.15) is 8.78 Å². The Balaban J connectivity index is 2.02. The van der Waals surface area contributed by atoms with E-state index in [1.807, 2.05) is 0 Å². The molecule has 1 atom stereocenters. The number of β-amino-alcohol motifs (C(OH)–C–C–N with tert-alkyl or cyclic N) is 1. The molecule has 2 rings (SSSR count). The van der Waals surface area contributed by atoms with Crippen molar-refractivity contribution in [3.05, 3.63) is 29.8 Å². The number of aliphatic hydroxyl groups excluding tert-OH is 1. The number of ether oxygens (including phenoxy) is 1. The number of hydrogen-bond donors (Lipinski definition) is 1. The first-order chi connectivity index (χ1) is 9.06. The maximum absolute atomic E-state index is 12.1. The van der Waals surface area contributed by atoms with Crippen molar-refractivity contribution < 1.29 is 23.4 Å². The Morgan fingerprint density at radius 2 is 2.05 bits per heavy atom. The highest BCUT2D eigenvalue weighted by Gasteiger charge is 2.22. The number of aliphatic hydroxyl groups is 1. The Bertz CT molecular complexity index is 436. The van der Waals surface area contributed by atoms with Gasteiger partial charge < -0.3 is 14.7 Å². The van der Waals surface area contributed by atoms with Crippen LogP contribution in [0.3, 0.4) is 0 Å². The zero-order valence-electron chi connectivity index (χ0n) is 10.3. The molecule has 1 N–H and O–H groups in total. The summed E-state index contributed by atoms with van der Waals surface area (Å²) in [5, 5.41) is 9.52. The molecule has 1 heterocycles. The molecular formula is C13H15F2NO3. The summed E-state index contributed by atoms with van der Waals surface area (Å²) in [4.78, 5) is 13.7. The average molecular weight is 271 g/mol. The monoisotopic (exact) mass is 271 g/mol. The molecule has 4 nitrogen and oxygen atoms in total. The third kappa shape index (κ3) is 3.64. The first-order valence-electron chi connectivity index (χ1n) is 6.08. The molecule has 1 aliphatic rings. The fourth-order valence-electron chi connectivity index (χ4n) is 2.10. The molecule has 1 aliphatic heterocycles. The van der Waals surface area contributed by atoms with Crippen LogP contribution < -0.4 is 4.74 Å². The maximum atomic E-state index is 12.1. The number of rotatable bonds is 3. The minimum Gasteiger partial charge on any atom is -0.435 e. The summed E-state index contributed by atoms with van der Waals surface area (Å²) in [7, 11) is 0. The molecule has 0 bridgehead atoms. The van der Waals surface area contributed by atoms with Crippen LogP contribution >= 0.6 is 0 Å². The van der Waals surface area contributed by atoms with Gasteiger partial charge in [0, 0.05) is 18.7 Å². The second kappa shape index (κ2) is 5.97. The van der Waals surface area contributed by atoms with Crippen molar-refractivity contribution >= 4 is 5.91 Å². The van der Waals surface area contributed by atoms with Crippen LogP contribution in [0.1, 0.15) is 23.2 Å². The van der Waals surface area contributed by atoms with E-state index in [-0.39, 0.29) is 11.7 Å². The second-order valence-electron chi connectivity index (χ2n) is 4.45. The lowest BCUT2D eigenvalue weighted by Gasteiger charge is -2.30. The van der Waals surface area contributed by atoms with E-state index in [9.17, 15) is 18.7 Å². The van der Waals surface area contributed by atoms with Crippen molar-refractivity contribution in [3.63, 3.8) is 0 Å². The van der Waals surface area contributed by atoms with Crippen LogP contribution in [0.4, 0.5) is 8.78 Å². The number of alkyl halides is 2. The lowest BCUT2D eigenvalue weighted by Crippen LogP contribution is -2.42. The van der Waals surface area contributed by atoms with E-state index in [0.29, 0.717) is 25.1 Å².